The normalized spacial score (nSPS) is 23.6. The largest absolute Gasteiger partial charge is 0.389 e. The Morgan fingerprint density at radius 2 is 2.06 bits per heavy atom. The van der Waals surface area contributed by atoms with E-state index >= 15 is 0 Å². The summed E-state index contributed by atoms with van der Waals surface area (Å²) in [6.45, 7) is 5.82. The van der Waals surface area contributed by atoms with Gasteiger partial charge in [0.05, 0.1) is 0 Å². The molecule has 5 heteroatoms. The second kappa shape index (κ2) is 6.45. The fourth-order valence-corrected chi connectivity index (χ4v) is 2.03. The van der Waals surface area contributed by atoms with Gasteiger partial charge in [0.25, 0.3) is 0 Å². The van der Waals surface area contributed by atoms with Crippen molar-refractivity contribution in [2.24, 2.45) is 0 Å². The van der Waals surface area contributed by atoms with Gasteiger partial charge in [-0.25, -0.2) is 0 Å². The number of piperazine rings is 1. The predicted octanol–water partition coefficient (Wildman–Crippen LogP) is 2.40. The summed E-state index contributed by atoms with van der Waals surface area (Å²) in [6.07, 6.45) is -2.65. The number of alkyl halides is 3. The van der Waals surface area contributed by atoms with E-state index < -0.39 is 12.6 Å². The van der Waals surface area contributed by atoms with Crippen LogP contribution in [0.2, 0.25) is 0 Å². The number of halogens is 3. The highest BCUT2D eigenvalue weighted by Gasteiger charge is 2.26. The molecule has 0 aromatic rings. The molecule has 1 aliphatic rings. The maximum atomic E-state index is 11.9. The number of rotatable bonds is 5. The van der Waals surface area contributed by atoms with Crippen LogP contribution in [0, 0.1) is 0 Å². The molecule has 0 amide bonds. The molecule has 16 heavy (non-hydrogen) atoms. The third-order valence-electron chi connectivity index (χ3n) is 3.02. The maximum Gasteiger partial charge on any atom is 0.389 e. The van der Waals surface area contributed by atoms with Crippen LogP contribution in [0.5, 0.6) is 0 Å². The minimum absolute atomic E-state index is 0.254. The van der Waals surface area contributed by atoms with Gasteiger partial charge in [0.2, 0.25) is 0 Å². The summed E-state index contributed by atoms with van der Waals surface area (Å²) in [5, 5.41) is 3.39. The minimum Gasteiger partial charge on any atom is -0.311 e. The zero-order valence-electron chi connectivity index (χ0n) is 9.82. The first-order chi connectivity index (χ1) is 7.51. The van der Waals surface area contributed by atoms with Crippen LogP contribution in [0.1, 0.15) is 32.6 Å². The van der Waals surface area contributed by atoms with Crippen molar-refractivity contribution in [3.63, 3.8) is 0 Å². The fourth-order valence-electron chi connectivity index (χ4n) is 2.03. The van der Waals surface area contributed by atoms with Gasteiger partial charge in [0, 0.05) is 32.1 Å². The zero-order chi connectivity index (χ0) is 12.0. The number of nitrogens with one attached hydrogen (secondary N) is 1. The molecule has 0 aliphatic carbocycles. The highest BCUT2D eigenvalue weighted by Crippen LogP contribution is 2.22. The van der Waals surface area contributed by atoms with Crippen LogP contribution in [0.25, 0.3) is 0 Å². The summed E-state index contributed by atoms with van der Waals surface area (Å²) in [6, 6.07) is 0.511. The van der Waals surface area contributed by atoms with E-state index in [0.717, 1.165) is 32.6 Å². The van der Waals surface area contributed by atoms with Gasteiger partial charge in [-0.15, -0.1) is 0 Å². The quantitative estimate of drug-likeness (QED) is 0.740. The van der Waals surface area contributed by atoms with Gasteiger partial charge < -0.3 is 10.2 Å². The van der Waals surface area contributed by atoms with Crippen LogP contribution in [-0.4, -0.2) is 43.3 Å². The fraction of sp³-hybridized carbons (Fsp3) is 1.00. The molecule has 1 fully saturated rings. The van der Waals surface area contributed by atoms with Crippen molar-refractivity contribution in [2.45, 2.75) is 44.8 Å². The Bertz CT molecular complexity index is 194. The van der Waals surface area contributed by atoms with Crippen molar-refractivity contribution < 1.29 is 13.2 Å². The van der Waals surface area contributed by atoms with E-state index in [1.54, 1.807) is 0 Å². The second-order valence-electron chi connectivity index (χ2n) is 4.43. The van der Waals surface area contributed by atoms with Crippen LogP contribution in [-0.2, 0) is 0 Å². The van der Waals surface area contributed by atoms with Crippen molar-refractivity contribution in [2.75, 3.05) is 26.2 Å². The molecular formula is C11H21F3N2. The molecule has 1 saturated heterocycles. The predicted molar refractivity (Wildman–Crippen MR) is 58.4 cm³/mol. The van der Waals surface area contributed by atoms with Crippen molar-refractivity contribution in [1.82, 2.24) is 10.2 Å². The van der Waals surface area contributed by atoms with Crippen molar-refractivity contribution >= 4 is 0 Å². The Balaban J connectivity index is 2.08. The van der Waals surface area contributed by atoms with Crippen molar-refractivity contribution in [1.29, 1.82) is 0 Å². The van der Waals surface area contributed by atoms with Crippen LogP contribution in [0.4, 0.5) is 13.2 Å². The van der Waals surface area contributed by atoms with Gasteiger partial charge >= 0.3 is 6.18 Å². The Labute approximate surface area is 95.2 Å². The number of hydrogen-bond acceptors (Lipinski definition) is 2. The molecule has 96 valence electrons. The first-order valence-corrected chi connectivity index (χ1v) is 6.04. The SMILES string of the molecule is CCC1CN(CCCCC(F)(F)F)CCN1. The smallest absolute Gasteiger partial charge is 0.311 e. The average molecular weight is 238 g/mol. The van der Waals surface area contributed by atoms with Crippen LogP contribution < -0.4 is 5.32 Å². The molecule has 1 atom stereocenters. The molecule has 1 heterocycles. The maximum absolute atomic E-state index is 11.9. The van der Waals surface area contributed by atoms with Crippen molar-refractivity contribution in [3.8, 4) is 0 Å². The van der Waals surface area contributed by atoms with E-state index in [2.05, 4.69) is 17.1 Å². The molecule has 0 spiro atoms. The van der Waals surface area contributed by atoms with E-state index in [1.165, 1.54) is 0 Å². The van der Waals surface area contributed by atoms with E-state index in [0.29, 0.717) is 12.5 Å². The van der Waals surface area contributed by atoms with E-state index in [1.807, 2.05) is 0 Å². The standard InChI is InChI=1S/C11H21F3N2/c1-2-10-9-16(8-6-15-10)7-4-3-5-11(12,13)14/h10,15H,2-9H2,1H3. The molecule has 0 aromatic carbocycles. The molecule has 1 unspecified atom stereocenters. The van der Waals surface area contributed by atoms with Crippen LogP contribution in [0.3, 0.4) is 0 Å². The van der Waals surface area contributed by atoms with E-state index in [-0.39, 0.29) is 6.42 Å². The summed E-state index contributed by atoms with van der Waals surface area (Å²) in [7, 11) is 0. The first kappa shape index (κ1) is 13.8. The van der Waals surface area contributed by atoms with Gasteiger partial charge in [0.15, 0.2) is 0 Å². The van der Waals surface area contributed by atoms with E-state index in [4.69, 9.17) is 0 Å². The van der Waals surface area contributed by atoms with Gasteiger partial charge in [-0.1, -0.05) is 6.92 Å². The molecular weight excluding hydrogens is 217 g/mol. The minimum atomic E-state index is -3.99. The second-order valence-corrected chi connectivity index (χ2v) is 4.43. The lowest BCUT2D eigenvalue weighted by atomic mass is 10.1. The lowest BCUT2D eigenvalue weighted by Gasteiger charge is -2.33. The summed E-state index contributed by atoms with van der Waals surface area (Å²) in [4.78, 5) is 2.26. The van der Waals surface area contributed by atoms with Gasteiger partial charge in [-0.2, -0.15) is 13.2 Å². The third kappa shape index (κ3) is 5.70. The lowest BCUT2D eigenvalue weighted by molar-refractivity contribution is -0.135. The van der Waals surface area contributed by atoms with E-state index in [9.17, 15) is 13.2 Å². The summed E-state index contributed by atoms with van der Waals surface area (Å²) in [5.41, 5.74) is 0. The Hall–Kier alpha value is -0.290. The molecule has 1 aliphatic heterocycles. The van der Waals surface area contributed by atoms with Crippen LogP contribution >= 0.6 is 0 Å². The Morgan fingerprint density at radius 1 is 1.31 bits per heavy atom. The lowest BCUT2D eigenvalue weighted by Crippen LogP contribution is -2.50. The summed E-state index contributed by atoms with van der Waals surface area (Å²) >= 11 is 0. The van der Waals surface area contributed by atoms with Gasteiger partial charge in [0.1, 0.15) is 0 Å². The Morgan fingerprint density at radius 3 is 2.69 bits per heavy atom. The summed E-state index contributed by atoms with van der Waals surface area (Å²) < 4.78 is 35.7. The zero-order valence-corrected chi connectivity index (χ0v) is 9.82. The van der Waals surface area contributed by atoms with Gasteiger partial charge in [-0.3, -0.25) is 0 Å². The molecule has 1 N–H and O–H groups in total. The number of nitrogens with zero attached hydrogens (tertiary/aromatic N) is 1. The number of hydrogen-bond donors (Lipinski definition) is 1. The van der Waals surface area contributed by atoms with Crippen molar-refractivity contribution in [3.05, 3.63) is 0 Å². The number of unbranched alkanes of at least 4 members (excludes halogenated alkanes) is 1. The molecule has 0 radical (unpaired) electrons. The molecule has 0 aromatic heterocycles. The molecule has 2 nitrogen and oxygen atoms in total. The first-order valence-electron chi connectivity index (χ1n) is 6.04. The molecule has 0 bridgehead atoms. The topological polar surface area (TPSA) is 15.3 Å². The molecule has 1 rings (SSSR count). The highest BCUT2D eigenvalue weighted by atomic mass is 19.4. The third-order valence-corrected chi connectivity index (χ3v) is 3.02. The summed E-state index contributed by atoms with van der Waals surface area (Å²) in [5.74, 6) is 0. The Kier molecular flexibility index (Phi) is 5.55. The molecule has 0 saturated carbocycles. The van der Waals surface area contributed by atoms with Crippen LogP contribution in [0.15, 0.2) is 0 Å². The van der Waals surface area contributed by atoms with Gasteiger partial charge in [-0.05, 0) is 25.8 Å². The highest BCUT2D eigenvalue weighted by molar-refractivity contribution is 4.77. The monoisotopic (exact) mass is 238 g/mol. The average Bonchev–Trinajstić information content (AvgIpc) is 2.23.